The van der Waals surface area contributed by atoms with Crippen LogP contribution in [0, 0.1) is 5.82 Å². The predicted molar refractivity (Wildman–Crippen MR) is 76.2 cm³/mol. The normalized spacial score (nSPS) is 12.3. The first kappa shape index (κ1) is 14.3. The minimum Gasteiger partial charge on any atom is -0.496 e. The van der Waals surface area contributed by atoms with Crippen molar-refractivity contribution in [2.45, 2.75) is 6.10 Å². The van der Waals surface area contributed by atoms with Crippen LogP contribution in [0.2, 0.25) is 5.02 Å². The monoisotopic (exact) mass is 344 g/mol. The molecule has 1 N–H and O–H groups in total. The van der Waals surface area contributed by atoms with Crippen molar-refractivity contribution >= 4 is 27.5 Å². The Morgan fingerprint density at radius 2 is 2.00 bits per heavy atom. The molecule has 100 valence electrons. The van der Waals surface area contributed by atoms with E-state index in [1.165, 1.54) is 25.3 Å². The topological polar surface area (TPSA) is 29.5 Å². The molecule has 0 heterocycles. The average molecular weight is 346 g/mol. The third-order valence-corrected chi connectivity index (χ3v) is 4.07. The van der Waals surface area contributed by atoms with Crippen LogP contribution in [-0.2, 0) is 0 Å². The number of aliphatic hydroxyl groups excluding tert-OH is 1. The van der Waals surface area contributed by atoms with Gasteiger partial charge in [-0.3, -0.25) is 0 Å². The highest BCUT2D eigenvalue weighted by atomic mass is 79.9. The summed E-state index contributed by atoms with van der Waals surface area (Å²) < 4.78 is 19.1. The number of halogens is 3. The van der Waals surface area contributed by atoms with Crippen molar-refractivity contribution in [3.63, 3.8) is 0 Å². The van der Waals surface area contributed by atoms with Gasteiger partial charge >= 0.3 is 0 Å². The lowest BCUT2D eigenvalue weighted by Gasteiger charge is -2.17. The SMILES string of the molecule is COc1ccc(F)cc1C(O)c1cccc(Br)c1Cl. The van der Waals surface area contributed by atoms with Crippen molar-refractivity contribution in [1.82, 2.24) is 0 Å². The fourth-order valence-electron chi connectivity index (χ4n) is 1.82. The first-order chi connectivity index (χ1) is 9.04. The zero-order chi connectivity index (χ0) is 14.0. The van der Waals surface area contributed by atoms with E-state index in [2.05, 4.69) is 15.9 Å². The molecule has 2 aromatic carbocycles. The van der Waals surface area contributed by atoms with Gasteiger partial charge < -0.3 is 9.84 Å². The molecule has 0 fully saturated rings. The second kappa shape index (κ2) is 5.90. The van der Waals surface area contributed by atoms with Crippen LogP contribution < -0.4 is 4.74 Å². The summed E-state index contributed by atoms with van der Waals surface area (Å²) in [5.41, 5.74) is 0.822. The lowest BCUT2D eigenvalue weighted by molar-refractivity contribution is 0.214. The highest BCUT2D eigenvalue weighted by Crippen LogP contribution is 2.36. The maximum absolute atomic E-state index is 13.3. The summed E-state index contributed by atoms with van der Waals surface area (Å²) in [6.45, 7) is 0. The van der Waals surface area contributed by atoms with Crippen LogP contribution in [-0.4, -0.2) is 12.2 Å². The van der Waals surface area contributed by atoms with Gasteiger partial charge in [0.25, 0.3) is 0 Å². The Kier molecular flexibility index (Phi) is 4.45. The standard InChI is InChI=1S/C14H11BrClFO2/c1-19-12-6-5-8(17)7-10(12)14(18)9-3-2-4-11(15)13(9)16/h2-7,14,18H,1H3. The summed E-state index contributed by atoms with van der Waals surface area (Å²) in [6, 6.07) is 9.18. The van der Waals surface area contributed by atoms with E-state index >= 15 is 0 Å². The summed E-state index contributed by atoms with van der Waals surface area (Å²) in [5.74, 6) is -0.0362. The molecule has 5 heteroatoms. The molecule has 0 aromatic heterocycles. The molecule has 19 heavy (non-hydrogen) atoms. The minimum atomic E-state index is -1.06. The van der Waals surface area contributed by atoms with Gasteiger partial charge in [-0.15, -0.1) is 0 Å². The molecule has 0 aliphatic heterocycles. The van der Waals surface area contributed by atoms with E-state index in [-0.39, 0.29) is 0 Å². The van der Waals surface area contributed by atoms with Gasteiger partial charge in [-0.05, 0) is 40.2 Å². The summed E-state index contributed by atoms with van der Waals surface area (Å²) in [5, 5.41) is 10.8. The lowest BCUT2D eigenvalue weighted by Crippen LogP contribution is -2.04. The quantitative estimate of drug-likeness (QED) is 0.897. The summed E-state index contributed by atoms with van der Waals surface area (Å²) in [4.78, 5) is 0. The summed E-state index contributed by atoms with van der Waals surface area (Å²) in [7, 11) is 1.46. The highest BCUT2D eigenvalue weighted by Gasteiger charge is 2.19. The zero-order valence-corrected chi connectivity index (χ0v) is 12.4. The first-order valence-corrected chi connectivity index (χ1v) is 6.67. The summed E-state index contributed by atoms with van der Waals surface area (Å²) in [6.07, 6.45) is -1.06. The molecular formula is C14H11BrClFO2. The van der Waals surface area contributed by atoms with Crippen molar-refractivity contribution in [3.8, 4) is 5.75 Å². The van der Waals surface area contributed by atoms with E-state index in [1.807, 2.05) is 0 Å². The van der Waals surface area contributed by atoms with E-state index in [9.17, 15) is 9.50 Å². The number of hydrogen-bond donors (Lipinski definition) is 1. The van der Waals surface area contributed by atoms with Gasteiger partial charge in [0.05, 0.1) is 12.1 Å². The molecule has 0 spiro atoms. The Labute approximate surface area is 123 Å². The number of ether oxygens (including phenoxy) is 1. The Balaban J connectivity index is 2.52. The molecule has 0 bridgehead atoms. The van der Waals surface area contributed by atoms with Crippen molar-refractivity contribution in [3.05, 3.63) is 62.8 Å². The van der Waals surface area contributed by atoms with Crippen LogP contribution in [0.15, 0.2) is 40.9 Å². The van der Waals surface area contributed by atoms with E-state index < -0.39 is 11.9 Å². The van der Waals surface area contributed by atoms with Gasteiger partial charge in [-0.2, -0.15) is 0 Å². The molecule has 1 unspecified atom stereocenters. The van der Waals surface area contributed by atoms with Crippen LogP contribution in [0.4, 0.5) is 4.39 Å². The molecule has 2 aromatic rings. The van der Waals surface area contributed by atoms with E-state index in [1.54, 1.807) is 18.2 Å². The maximum Gasteiger partial charge on any atom is 0.125 e. The molecule has 0 aliphatic rings. The average Bonchev–Trinajstić information content (AvgIpc) is 2.41. The minimum absolute atomic E-state index is 0.336. The largest absolute Gasteiger partial charge is 0.496 e. The molecule has 2 rings (SSSR count). The number of rotatable bonds is 3. The molecule has 0 saturated carbocycles. The fourth-order valence-corrected chi connectivity index (χ4v) is 2.43. The second-order valence-electron chi connectivity index (χ2n) is 3.93. The zero-order valence-electron chi connectivity index (χ0n) is 10.0. The van der Waals surface area contributed by atoms with Gasteiger partial charge in [0.1, 0.15) is 17.7 Å². The molecule has 0 radical (unpaired) electrons. The third kappa shape index (κ3) is 2.91. The Hall–Kier alpha value is -1.10. The number of hydrogen-bond acceptors (Lipinski definition) is 2. The Morgan fingerprint density at radius 3 is 2.68 bits per heavy atom. The predicted octanol–water partition coefficient (Wildman–Crippen LogP) is 4.33. The van der Waals surface area contributed by atoms with Crippen LogP contribution in [0.25, 0.3) is 0 Å². The lowest BCUT2D eigenvalue weighted by atomic mass is 10.0. The van der Waals surface area contributed by atoms with E-state index in [0.29, 0.717) is 26.4 Å². The molecule has 1 atom stereocenters. The van der Waals surface area contributed by atoms with E-state index in [4.69, 9.17) is 16.3 Å². The van der Waals surface area contributed by atoms with Crippen molar-refractivity contribution in [2.24, 2.45) is 0 Å². The number of aliphatic hydroxyl groups is 1. The molecule has 0 aliphatic carbocycles. The van der Waals surface area contributed by atoms with Crippen LogP contribution in [0.1, 0.15) is 17.2 Å². The van der Waals surface area contributed by atoms with Crippen molar-refractivity contribution in [1.29, 1.82) is 0 Å². The smallest absolute Gasteiger partial charge is 0.125 e. The Morgan fingerprint density at radius 1 is 1.26 bits per heavy atom. The fraction of sp³-hybridized carbons (Fsp3) is 0.143. The second-order valence-corrected chi connectivity index (χ2v) is 5.16. The van der Waals surface area contributed by atoms with Gasteiger partial charge in [-0.25, -0.2) is 4.39 Å². The Bertz CT molecular complexity index is 604. The summed E-state index contributed by atoms with van der Waals surface area (Å²) >= 11 is 9.42. The van der Waals surface area contributed by atoms with Crippen LogP contribution in [0.3, 0.4) is 0 Å². The van der Waals surface area contributed by atoms with Gasteiger partial charge in [0.15, 0.2) is 0 Å². The number of methoxy groups -OCH3 is 1. The highest BCUT2D eigenvalue weighted by molar-refractivity contribution is 9.10. The molecule has 0 saturated heterocycles. The number of benzene rings is 2. The molecular weight excluding hydrogens is 335 g/mol. The van der Waals surface area contributed by atoms with Crippen molar-refractivity contribution < 1.29 is 14.2 Å². The first-order valence-electron chi connectivity index (χ1n) is 5.50. The van der Waals surface area contributed by atoms with Gasteiger partial charge in [0.2, 0.25) is 0 Å². The van der Waals surface area contributed by atoms with Gasteiger partial charge in [0, 0.05) is 15.6 Å². The molecule has 0 amide bonds. The van der Waals surface area contributed by atoms with Crippen LogP contribution >= 0.6 is 27.5 Å². The van der Waals surface area contributed by atoms with E-state index in [0.717, 1.165) is 0 Å². The maximum atomic E-state index is 13.3. The van der Waals surface area contributed by atoms with Gasteiger partial charge in [-0.1, -0.05) is 23.7 Å². The third-order valence-electron chi connectivity index (χ3n) is 2.76. The molecule has 2 nitrogen and oxygen atoms in total. The van der Waals surface area contributed by atoms with Crippen molar-refractivity contribution in [2.75, 3.05) is 7.11 Å². The van der Waals surface area contributed by atoms with Crippen LogP contribution in [0.5, 0.6) is 5.75 Å².